The lowest BCUT2D eigenvalue weighted by molar-refractivity contribution is -0.116. The summed E-state index contributed by atoms with van der Waals surface area (Å²) in [5.74, 6) is 0.360. The molecule has 0 radical (unpaired) electrons. The summed E-state index contributed by atoms with van der Waals surface area (Å²) in [6.45, 7) is 1.65. The Hall–Kier alpha value is -2.13. The van der Waals surface area contributed by atoms with E-state index in [1.54, 1.807) is 0 Å². The average molecular weight is 266 g/mol. The van der Waals surface area contributed by atoms with Gasteiger partial charge < -0.3 is 10.6 Å². The van der Waals surface area contributed by atoms with Crippen LogP contribution in [0.15, 0.2) is 54.6 Å². The molecule has 3 rings (SSSR count). The maximum Gasteiger partial charge on any atom is 0.225 e. The molecule has 0 spiro atoms. The third-order valence-corrected chi connectivity index (χ3v) is 3.67. The van der Waals surface area contributed by atoms with Crippen LogP contribution in [0.1, 0.15) is 23.5 Å². The molecule has 0 saturated heterocycles. The van der Waals surface area contributed by atoms with Gasteiger partial charge >= 0.3 is 0 Å². The first-order valence-electron chi connectivity index (χ1n) is 6.96. The van der Waals surface area contributed by atoms with E-state index in [0.717, 1.165) is 18.8 Å². The Morgan fingerprint density at radius 1 is 1.05 bits per heavy atom. The summed E-state index contributed by atoms with van der Waals surface area (Å²) in [5.41, 5.74) is 3.45. The first-order valence-corrected chi connectivity index (χ1v) is 6.96. The van der Waals surface area contributed by atoms with E-state index in [4.69, 9.17) is 0 Å². The fourth-order valence-corrected chi connectivity index (χ4v) is 2.67. The molecular formula is C17H18N2O. The summed E-state index contributed by atoms with van der Waals surface area (Å²) < 4.78 is 0. The number of fused-ring (bicyclic) bond motifs is 1. The zero-order chi connectivity index (χ0) is 13.8. The summed E-state index contributed by atoms with van der Waals surface area (Å²) in [6, 6.07) is 18.4. The summed E-state index contributed by atoms with van der Waals surface area (Å²) in [4.78, 5) is 11.7. The van der Waals surface area contributed by atoms with E-state index in [-0.39, 0.29) is 11.8 Å². The van der Waals surface area contributed by atoms with E-state index in [0.29, 0.717) is 6.42 Å². The van der Waals surface area contributed by atoms with Gasteiger partial charge in [0.15, 0.2) is 0 Å². The largest absolute Gasteiger partial charge is 0.326 e. The fraction of sp³-hybridized carbons (Fsp3) is 0.235. The highest BCUT2D eigenvalue weighted by Crippen LogP contribution is 2.31. The molecule has 0 aliphatic carbocycles. The first kappa shape index (κ1) is 12.9. The number of nitrogens with one attached hydrogen (secondary N) is 2. The Balaban J connectivity index is 1.64. The molecular weight excluding hydrogens is 248 g/mol. The van der Waals surface area contributed by atoms with Crippen LogP contribution in [0.25, 0.3) is 0 Å². The van der Waals surface area contributed by atoms with Gasteiger partial charge in [0.05, 0.1) is 0 Å². The van der Waals surface area contributed by atoms with Crippen molar-refractivity contribution in [3.63, 3.8) is 0 Å². The van der Waals surface area contributed by atoms with Gasteiger partial charge in [0, 0.05) is 31.1 Å². The third kappa shape index (κ3) is 2.89. The summed E-state index contributed by atoms with van der Waals surface area (Å²) in [7, 11) is 0. The number of carbonyl (C=O) groups is 1. The first-order chi connectivity index (χ1) is 9.83. The number of para-hydroxylation sites is 1. The molecule has 3 nitrogen and oxygen atoms in total. The summed E-state index contributed by atoms with van der Waals surface area (Å²) >= 11 is 0. The minimum atomic E-state index is 0.107. The molecule has 0 bridgehead atoms. The van der Waals surface area contributed by atoms with Crippen molar-refractivity contribution in [2.45, 2.75) is 18.9 Å². The average Bonchev–Trinajstić information content (AvgIpc) is 2.48. The van der Waals surface area contributed by atoms with Crippen LogP contribution in [0.2, 0.25) is 0 Å². The van der Waals surface area contributed by atoms with Gasteiger partial charge in [-0.2, -0.15) is 0 Å². The highest BCUT2D eigenvalue weighted by atomic mass is 16.1. The second kappa shape index (κ2) is 5.88. The standard InChI is InChI=1S/C17H18N2O/c20-17-10-14(15-8-4-5-9-16(15)19-17)12-18-11-13-6-2-1-3-7-13/h1-9,14,18H,10-12H2,(H,19,20). The number of carbonyl (C=O) groups excluding carboxylic acids is 1. The second-order valence-electron chi connectivity index (χ2n) is 5.15. The summed E-state index contributed by atoms with van der Waals surface area (Å²) in [5, 5.41) is 6.38. The molecule has 0 aromatic heterocycles. The Morgan fingerprint density at radius 2 is 1.80 bits per heavy atom. The van der Waals surface area contributed by atoms with Crippen LogP contribution in [-0.4, -0.2) is 12.5 Å². The molecule has 1 atom stereocenters. The molecule has 3 heteroatoms. The van der Waals surface area contributed by atoms with Crippen molar-refractivity contribution in [3.8, 4) is 0 Å². The predicted molar refractivity (Wildman–Crippen MR) is 80.6 cm³/mol. The number of amides is 1. The van der Waals surface area contributed by atoms with E-state index in [1.165, 1.54) is 11.1 Å². The topological polar surface area (TPSA) is 41.1 Å². The zero-order valence-electron chi connectivity index (χ0n) is 11.3. The van der Waals surface area contributed by atoms with Crippen molar-refractivity contribution >= 4 is 11.6 Å². The highest BCUT2D eigenvalue weighted by molar-refractivity contribution is 5.94. The minimum absolute atomic E-state index is 0.107. The van der Waals surface area contributed by atoms with Crippen molar-refractivity contribution in [2.24, 2.45) is 0 Å². The number of rotatable bonds is 4. The highest BCUT2D eigenvalue weighted by Gasteiger charge is 2.24. The molecule has 2 aromatic rings. The molecule has 1 aliphatic rings. The molecule has 1 amide bonds. The fourth-order valence-electron chi connectivity index (χ4n) is 2.67. The Kier molecular flexibility index (Phi) is 3.79. The van der Waals surface area contributed by atoms with Crippen LogP contribution in [0, 0.1) is 0 Å². The number of benzene rings is 2. The van der Waals surface area contributed by atoms with E-state index in [2.05, 4.69) is 28.8 Å². The van der Waals surface area contributed by atoms with Crippen molar-refractivity contribution in [2.75, 3.05) is 11.9 Å². The molecule has 2 aromatic carbocycles. The second-order valence-corrected chi connectivity index (χ2v) is 5.15. The summed E-state index contributed by atoms with van der Waals surface area (Å²) in [6.07, 6.45) is 0.554. The van der Waals surface area contributed by atoms with Crippen molar-refractivity contribution < 1.29 is 4.79 Å². The molecule has 2 N–H and O–H groups in total. The number of hydrogen-bond donors (Lipinski definition) is 2. The van der Waals surface area contributed by atoms with E-state index >= 15 is 0 Å². The molecule has 0 fully saturated rings. The SMILES string of the molecule is O=C1CC(CNCc2ccccc2)c2ccccc2N1. The molecule has 1 heterocycles. The van der Waals surface area contributed by atoms with Crippen LogP contribution >= 0.6 is 0 Å². The van der Waals surface area contributed by atoms with Gasteiger partial charge in [0.1, 0.15) is 0 Å². The lowest BCUT2D eigenvalue weighted by atomic mass is 9.90. The van der Waals surface area contributed by atoms with Crippen LogP contribution in [0.3, 0.4) is 0 Å². The normalized spacial score (nSPS) is 17.4. The van der Waals surface area contributed by atoms with Gasteiger partial charge in [-0.15, -0.1) is 0 Å². The minimum Gasteiger partial charge on any atom is -0.326 e. The van der Waals surface area contributed by atoms with Crippen LogP contribution in [-0.2, 0) is 11.3 Å². The Bertz CT molecular complexity index is 595. The monoisotopic (exact) mass is 266 g/mol. The van der Waals surface area contributed by atoms with Crippen LogP contribution in [0.4, 0.5) is 5.69 Å². The van der Waals surface area contributed by atoms with Gasteiger partial charge in [0.25, 0.3) is 0 Å². The molecule has 102 valence electrons. The van der Waals surface area contributed by atoms with E-state index in [1.807, 2.05) is 36.4 Å². The Labute approximate surface area is 119 Å². The van der Waals surface area contributed by atoms with Crippen molar-refractivity contribution in [3.05, 3.63) is 65.7 Å². The van der Waals surface area contributed by atoms with Gasteiger partial charge in [-0.25, -0.2) is 0 Å². The number of anilines is 1. The third-order valence-electron chi connectivity index (χ3n) is 3.67. The lowest BCUT2D eigenvalue weighted by Gasteiger charge is -2.25. The Morgan fingerprint density at radius 3 is 2.65 bits per heavy atom. The molecule has 1 aliphatic heterocycles. The smallest absolute Gasteiger partial charge is 0.225 e. The molecule has 20 heavy (non-hydrogen) atoms. The zero-order valence-corrected chi connectivity index (χ0v) is 11.3. The van der Waals surface area contributed by atoms with Gasteiger partial charge in [-0.1, -0.05) is 48.5 Å². The maximum atomic E-state index is 11.7. The van der Waals surface area contributed by atoms with Crippen LogP contribution < -0.4 is 10.6 Å². The van der Waals surface area contributed by atoms with Crippen LogP contribution in [0.5, 0.6) is 0 Å². The number of hydrogen-bond acceptors (Lipinski definition) is 2. The maximum absolute atomic E-state index is 11.7. The van der Waals surface area contributed by atoms with Gasteiger partial charge in [-0.3, -0.25) is 4.79 Å². The quantitative estimate of drug-likeness (QED) is 0.893. The molecule has 0 saturated carbocycles. The van der Waals surface area contributed by atoms with Gasteiger partial charge in [-0.05, 0) is 17.2 Å². The van der Waals surface area contributed by atoms with E-state index < -0.39 is 0 Å². The molecule has 1 unspecified atom stereocenters. The predicted octanol–water partition coefficient (Wildman–Crippen LogP) is 2.90. The van der Waals surface area contributed by atoms with E-state index in [9.17, 15) is 4.79 Å². The van der Waals surface area contributed by atoms with Crippen molar-refractivity contribution in [1.29, 1.82) is 0 Å². The van der Waals surface area contributed by atoms with Crippen molar-refractivity contribution in [1.82, 2.24) is 5.32 Å². The lowest BCUT2D eigenvalue weighted by Crippen LogP contribution is -2.29. The van der Waals surface area contributed by atoms with Gasteiger partial charge in [0.2, 0.25) is 5.91 Å².